The van der Waals surface area contributed by atoms with E-state index >= 15 is 0 Å². The Hall–Kier alpha value is -4.78. The molecule has 0 saturated carbocycles. The van der Waals surface area contributed by atoms with Crippen LogP contribution in [-0.4, -0.2) is 28.7 Å². The highest BCUT2D eigenvalue weighted by molar-refractivity contribution is 6.19. The first-order valence-electron chi connectivity index (χ1n) is 12.7. The van der Waals surface area contributed by atoms with Crippen LogP contribution in [0.15, 0.2) is 91.0 Å². The Morgan fingerprint density at radius 2 is 1.46 bits per heavy atom. The van der Waals surface area contributed by atoms with Crippen molar-refractivity contribution in [2.24, 2.45) is 5.73 Å². The van der Waals surface area contributed by atoms with Gasteiger partial charge in [0.2, 0.25) is 5.91 Å². The van der Waals surface area contributed by atoms with Gasteiger partial charge in [0, 0.05) is 17.5 Å². The summed E-state index contributed by atoms with van der Waals surface area (Å²) in [6.07, 6.45) is 0. The number of amides is 1. The number of aromatic nitrogens is 1. The van der Waals surface area contributed by atoms with Crippen LogP contribution >= 0.6 is 0 Å². The molecule has 1 heterocycles. The molecule has 5 rings (SSSR count). The number of carbonyl (C=O) groups excluding carboxylic acids is 2. The summed E-state index contributed by atoms with van der Waals surface area (Å²) in [7, 11) is 0. The van der Waals surface area contributed by atoms with E-state index in [2.05, 4.69) is 4.57 Å². The third kappa shape index (κ3) is 5.72. The molecule has 4 aromatic carbocycles. The molecule has 1 amide bonds. The first-order chi connectivity index (χ1) is 18.7. The number of para-hydroxylation sites is 1. The van der Waals surface area contributed by atoms with E-state index in [9.17, 15) is 9.59 Å². The molecule has 0 atom stereocenters. The number of ether oxygens (including phenoxy) is 3. The molecular formula is C32H30N2O5. The number of rotatable bonds is 8. The Bertz CT molecular complexity index is 1670. The van der Waals surface area contributed by atoms with Crippen molar-refractivity contribution in [3.63, 3.8) is 0 Å². The fourth-order valence-corrected chi connectivity index (χ4v) is 4.67. The topological polar surface area (TPSA) is 92.8 Å². The van der Waals surface area contributed by atoms with Gasteiger partial charge in [0.25, 0.3) is 0 Å². The van der Waals surface area contributed by atoms with Gasteiger partial charge in [-0.2, -0.15) is 0 Å². The summed E-state index contributed by atoms with van der Waals surface area (Å²) in [5, 5.41) is 1.39. The maximum Gasteiger partial charge on any atom is 0.344 e. The monoisotopic (exact) mass is 522 g/mol. The van der Waals surface area contributed by atoms with Gasteiger partial charge in [-0.25, -0.2) is 4.79 Å². The summed E-state index contributed by atoms with van der Waals surface area (Å²) < 4.78 is 19.5. The third-order valence-electron chi connectivity index (χ3n) is 6.13. The zero-order valence-electron chi connectivity index (χ0n) is 22.1. The Kier molecular flexibility index (Phi) is 6.98. The smallest absolute Gasteiger partial charge is 0.344 e. The third-order valence-corrected chi connectivity index (χ3v) is 6.13. The predicted molar refractivity (Wildman–Crippen MR) is 151 cm³/mol. The first-order valence-corrected chi connectivity index (χ1v) is 12.7. The van der Waals surface area contributed by atoms with Crippen molar-refractivity contribution in [3.05, 3.63) is 102 Å². The van der Waals surface area contributed by atoms with Crippen LogP contribution in [0.5, 0.6) is 17.2 Å². The van der Waals surface area contributed by atoms with E-state index in [1.165, 1.54) is 0 Å². The van der Waals surface area contributed by atoms with Gasteiger partial charge in [-0.05, 0) is 74.9 Å². The molecule has 1 aromatic heterocycles. The van der Waals surface area contributed by atoms with E-state index in [-0.39, 0.29) is 6.61 Å². The van der Waals surface area contributed by atoms with Crippen LogP contribution in [0.1, 0.15) is 36.7 Å². The SMILES string of the molecule is CC(C)(C)OC(=O)COc1cccc2c1c1c(C(N)=O)cccc1n2Cc1cccc(Oc2ccccc2)c1. The lowest BCUT2D eigenvalue weighted by Crippen LogP contribution is -2.27. The van der Waals surface area contributed by atoms with Gasteiger partial charge in [0.15, 0.2) is 6.61 Å². The van der Waals surface area contributed by atoms with E-state index < -0.39 is 17.5 Å². The van der Waals surface area contributed by atoms with E-state index in [0.717, 1.165) is 28.1 Å². The van der Waals surface area contributed by atoms with Crippen LogP contribution in [0.25, 0.3) is 21.8 Å². The molecule has 0 aliphatic rings. The number of carbonyl (C=O) groups is 2. The molecule has 0 fully saturated rings. The normalized spacial score (nSPS) is 11.5. The van der Waals surface area contributed by atoms with Crippen molar-refractivity contribution in [1.82, 2.24) is 4.57 Å². The molecule has 0 bridgehead atoms. The van der Waals surface area contributed by atoms with Crippen molar-refractivity contribution >= 4 is 33.7 Å². The number of benzene rings is 4. The molecule has 39 heavy (non-hydrogen) atoms. The molecule has 0 spiro atoms. The Labute approximate surface area is 226 Å². The van der Waals surface area contributed by atoms with Gasteiger partial charge in [0.1, 0.15) is 22.8 Å². The lowest BCUT2D eigenvalue weighted by Gasteiger charge is -2.19. The zero-order chi connectivity index (χ0) is 27.6. The second kappa shape index (κ2) is 10.5. The van der Waals surface area contributed by atoms with Crippen molar-refractivity contribution in [3.8, 4) is 17.2 Å². The van der Waals surface area contributed by atoms with Crippen LogP contribution in [-0.2, 0) is 16.1 Å². The Morgan fingerprint density at radius 1 is 0.795 bits per heavy atom. The van der Waals surface area contributed by atoms with Crippen LogP contribution < -0.4 is 15.2 Å². The number of fused-ring (bicyclic) bond motifs is 3. The molecule has 0 aliphatic carbocycles. The number of esters is 1. The molecular weight excluding hydrogens is 492 g/mol. The van der Waals surface area contributed by atoms with Gasteiger partial charge < -0.3 is 24.5 Å². The van der Waals surface area contributed by atoms with E-state index in [0.29, 0.717) is 28.6 Å². The predicted octanol–water partition coefficient (Wildman–Crippen LogP) is 6.45. The van der Waals surface area contributed by atoms with Gasteiger partial charge >= 0.3 is 5.97 Å². The highest BCUT2D eigenvalue weighted by Crippen LogP contribution is 2.38. The minimum absolute atomic E-state index is 0.263. The summed E-state index contributed by atoms with van der Waals surface area (Å²) in [5.41, 5.74) is 8.22. The van der Waals surface area contributed by atoms with Crippen molar-refractivity contribution < 1.29 is 23.8 Å². The summed E-state index contributed by atoms with van der Waals surface area (Å²) in [6, 6.07) is 28.6. The number of nitrogens with zero attached hydrogens (tertiary/aromatic N) is 1. The molecule has 2 N–H and O–H groups in total. The molecule has 5 aromatic rings. The zero-order valence-corrected chi connectivity index (χ0v) is 22.1. The van der Waals surface area contributed by atoms with Crippen molar-refractivity contribution in [2.75, 3.05) is 6.61 Å². The van der Waals surface area contributed by atoms with Gasteiger partial charge in [-0.3, -0.25) is 4.79 Å². The minimum atomic E-state index is -0.625. The molecule has 0 unspecified atom stereocenters. The summed E-state index contributed by atoms with van der Waals surface area (Å²) in [4.78, 5) is 24.8. The quantitative estimate of drug-likeness (QED) is 0.236. The lowest BCUT2D eigenvalue weighted by molar-refractivity contribution is -0.157. The number of hydrogen-bond acceptors (Lipinski definition) is 5. The fourth-order valence-electron chi connectivity index (χ4n) is 4.67. The van der Waals surface area contributed by atoms with Crippen molar-refractivity contribution in [2.45, 2.75) is 32.9 Å². The lowest BCUT2D eigenvalue weighted by atomic mass is 10.1. The summed E-state index contributed by atoms with van der Waals surface area (Å²) >= 11 is 0. The second-order valence-corrected chi connectivity index (χ2v) is 10.2. The van der Waals surface area contributed by atoms with Gasteiger partial charge in [0.05, 0.1) is 16.4 Å². The molecule has 7 nitrogen and oxygen atoms in total. The fraction of sp³-hybridized carbons (Fsp3) is 0.188. The Morgan fingerprint density at radius 3 is 2.18 bits per heavy atom. The van der Waals surface area contributed by atoms with Crippen LogP contribution in [0.4, 0.5) is 0 Å². The van der Waals surface area contributed by atoms with Crippen LogP contribution in [0.2, 0.25) is 0 Å². The number of nitrogens with two attached hydrogens (primary N) is 1. The number of hydrogen-bond donors (Lipinski definition) is 1. The standard InChI is InChI=1S/C32H30N2O5/c1-32(2,3)39-28(35)20-37-27-17-9-16-26-30(27)29-24(31(33)36)14-8-15-25(29)34(26)19-21-10-7-13-23(18-21)38-22-11-5-4-6-12-22/h4-18H,19-20H2,1-3H3,(H2,33,36). The number of primary amides is 1. The summed E-state index contributed by atoms with van der Waals surface area (Å²) in [6.45, 7) is 5.65. The van der Waals surface area contributed by atoms with E-state index in [4.69, 9.17) is 19.9 Å². The van der Waals surface area contributed by atoms with E-state index in [1.54, 1.807) is 32.9 Å². The maximum absolute atomic E-state index is 12.5. The van der Waals surface area contributed by atoms with Gasteiger partial charge in [-0.1, -0.05) is 42.5 Å². The second-order valence-electron chi connectivity index (χ2n) is 10.2. The molecule has 0 saturated heterocycles. The van der Waals surface area contributed by atoms with Crippen LogP contribution in [0, 0.1) is 0 Å². The van der Waals surface area contributed by atoms with E-state index in [1.807, 2.05) is 78.9 Å². The van der Waals surface area contributed by atoms with Crippen LogP contribution in [0.3, 0.4) is 0 Å². The van der Waals surface area contributed by atoms with Gasteiger partial charge in [-0.15, -0.1) is 0 Å². The summed E-state index contributed by atoms with van der Waals surface area (Å²) in [5.74, 6) is 0.925. The highest BCUT2D eigenvalue weighted by Gasteiger charge is 2.21. The molecule has 0 radical (unpaired) electrons. The Balaban J connectivity index is 1.57. The largest absolute Gasteiger partial charge is 0.481 e. The molecule has 7 heteroatoms. The average Bonchev–Trinajstić information content (AvgIpc) is 3.21. The van der Waals surface area contributed by atoms with Crippen molar-refractivity contribution in [1.29, 1.82) is 0 Å². The minimum Gasteiger partial charge on any atom is -0.481 e. The molecule has 198 valence electrons. The maximum atomic E-state index is 12.5. The molecule has 0 aliphatic heterocycles. The average molecular weight is 523 g/mol. The highest BCUT2D eigenvalue weighted by atomic mass is 16.6. The first kappa shape index (κ1) is 25.9.